The molecule has 24 heavy (non-hydrogen) atoms. The number of hydrogen-bond donors (Lipinski definition) is 0. The molecule has 0 saturated carbocycles. The van der Waals surface area contributed by atoms with Gasteiger partial charge in [-0.05, 0) is 31.4 Å². The van der Waals surface area contributed by atoms with Gasteiger partial charge in [0.05, 0.1) is 8.07 Å². The Hall–Kier alpha value is -1.58. The fraction of sp³-hybridized carbons (Fsp3) is 0.286. The highest BCUT2D eigenvalue weighted by Crippen LogP contribution is 2.35. The summed E-state index contributed by atoms with van der Waals surface area (Å²) in [6.07, 6.45) is 4.89. The zero-order valence-corrected chi connectivity index (χ0v) is 16.4. The molecule has 126 valence electrons. The van der Waals surface area contributed by atoms with Crippen LogP contribution in [0.5, 0.6) is 0 Å². The van der Waals surface area contributed by atoms with Crippen LogP contribution in [0.1, 0.15) is 19.3 Å². The predicted molar refractivity (Wildman–Crippen MR) is 109 cm³/mol. The summed E-state index contributed by atoms with van der Waals surface area (Å²) in [7, 11) is -1.88. The van der Waals surface area contributed by atoms with E-state index in [1.165, 1.54) is 16.9 Å². The number of carbonyl (C=O) groups is 1. The number of hydrogen-bond acceptors (Lipinski definition) is 2. The van der Waals surface area contributed by atoms with E-state index in [9.17, 15) is 4.79 Å². The number of benzene rings is 2. The third kappa shape index (κ3) is 4.95. The van der Waals surface area contributed by atoms with Gasteiger partial charge in [0.25, 0.3) is 0 Å². The number of allylic oxidation sites excluding steroid dienone is 1. The summed E-state index contributed by atoms with van der Waals surface area (Å²) >= 11 is 1.40. The SMILES string of the molecule is C=CCCC[C@@H](C(=O)Sc1ccccc1)[Si](C)(C)c1ccccc1. The van der Waals surface area contributed by atoms with Gasteiger partial charge < -0.3 is 0 Å². The van der Waals surface area contributed by atoms with Gasteiger partial charge in [-0.25, -0.2) is 0 Å². The molecule has 0 aliphatic rings. The molecule has 0 aliphatic carbocycles. The van der Waals surface area contributed by atoms with Crippen LogP contribution < -0.4 is 5.19 Å². The highest BCUT2D eigenvalue weighted by molar-refractivity contribution is 8.14. The van der Waals surface area contributed by atoms with E-state index < -0.39 is 8.07 Å². The number of unbranched alkanes of at least 4 members (excludes halogenated alkanes) is 1. The lowest BCUT2D eigenvalue weighted by molar-refractivity contribution is -0.111. The summed E-state index contributed by atoms with van der Waals surface area (Å²) in [4.78, 5) is 14.1. The Balaban J connectivity index is 2.23. The van der Waals surface area contributed by atoms with Gasteiger partial charge in [0, 0.05) is 10.4 Å². The van der Waals surface area contributed by atoms with Gasteiger partial charge in [-0.3, -0.25) is 4.79 Å². The van der Waals surface area contributed by atoms with Crippen molar-refractivity contribution in [1.82, 2.24) is 0 Å². The smallest absolute Gasteiger partial charge is 0.194 e. The molecule has 0 unspecified atom stereocenters. The van der Waals surface area contributed by atoms with Crippen LogP contribution in [0.2, 0.25) is 18.6 Å². The maximum absolute atomic E-state index is 13.1. The third-order valence-electron chi connectivity index (χ3n) is 4.54. The quantitative estimate of drug-likeness (QED) is 0.264. The molecule has 0 aromatic heterocycles. The second-order valence-electron chi connectivity index (χ2n) is 6.59. The van der Waals surface area contributed by atoms with Gasteiger partial charge in [0.15, 0.2) is 5.12 Å². The van der Waals surface area contributed by atoms with Crippen LogP contribution in [0, 0.1) is 0 Å². The van der Waals surface area contributed by atoms with Crippen LogP contribution in [0.3, 0.4) is 0 Å². The maximum atomic E-state index is 13.1. The Morgan fingerprint density at radius 2 is 1.67 bits per heavy atom. The van der Waals surface area contributed by atoms with Crippen molar-refractivity contribution in [2.75, 3.05) is 0 Å². The molecule has 0 spiro atoms. The van der Waals surface area contributed by atoms with Crippen LogP contribution in [0.15, 0.2) is 78.2 Å². The minimum absolute atomic E-state index is 0.116. The Morgan fingerprint density at radius 1 is 1.08 bits per heavy atom. The zero-order chi connectivity index (χ0) is 17.4. The molecule has 0 heterocycles. The van der Waals surface area contributed by atoms with Gasteiger partial charge in [-0.2, -0.15) is 0 Å². The Morgan fingerprint density at radius 3 is 2.25 bits per heavy atom. The molecule has 2 aromatic rings. The van der Waals surface area contributed by atoms with Crippen LogP contribution >= 0.6 is 11.8 Å². The zero-order valence-electron chi connectivity index (χ0n) is 14.6. The van der Waals surface area contributed by atoms with Crippen molar-refractivity contribution in [3.8, 4) is 0 Å². The first-order valence-electron chi connectivity index (χ1n) is 8.49. The van der Waals surface area contributed by atoms with E-state index in [4.69, 9.17) is 0 Å². The second-order valence-corrected chi connectivity index (χ2v) is 12.4. The van der Waals surface area contributed by atoms with Gasteiger partial charge in [-0.1, -0.05) is 84.6 Å². The minimum atomic E-state index is -1.88. The Kier molecular flexibility index (Phi) is 7.07. The molecular weight excluding hydrogens is 328 g/mol. The number of rotatable bonds is 8. The molecule has 2 rings (SSSR count). The van der Waals surface area contributed by atoms with Gasteiger partial charge >= 0.3 is 0 Å². The molecule has 1 atom stereocenters. The summed E-state index contributed by atoms with van der Waals surface area (Å²) in [5.74, 6) is 0. The van der Waals surface area contributed by atoms with E-state index in [1.54, 1.807) is 0 Å². The average molecular weight is 355 g/mol. The first kappa shape index (κ1) is 18.8. The van der Waals surface area contributed by atoms with Crippen LogP contribution in [-0.2, 0) is 4.79 Å². The highest BCUT2D eigenvalue weighted by Gasteiger charge is 2.38. The fourth-order valence-electron chi connectivity index (χ4n) is 2.98. The van der Waals surface area contributed by atoms with Gasteiger partial charge in [-0.15, -0.1) is 6.58 Å². The van der Waals surface area contributed by atoms with Crippen LogP contribution in [0.4, 0.5) is 0 Å². The van der Waals surface area contributed by atoms with Crippen molar-refractivity contribution >= 4 is 30.1 Å². The lowest BCUT2D eigenvalue weighted by atomic mass is 10.2. The normalized spacial score (nSPS) is 12.6. The summed E-state index contributed by atoms with van der Waals surface area (Å²) in [5, 5.41) is 1.67. The Labute approximate surface area is 151 Å². The molecule has 0 saturated heterocycles. The van der Waals surface area contributed by atoms with E-state index in [0.29, 0.717) is 5.12 Å². The van der Waals surface area contributed by atoms with Gasteiger partial charge in [0.1, 0.15) is 0 Å². The molecular formula is C21H26OSSi. The molecule has 0 fully saturated rings. The van der Waals surface area contributed by atoms with Crippen LogP contribution in [0.25, 0.3) is 0 Å². The summed E-state index contributed by atoms with van der Waals surface area (Å²) in [6.45, 7) is 8.46. The largest absolute Gasteiger partial charge is 0.287 e. The molecule has 3 heteroatoms. The van der Waals surface area contributed by atoms with E-state index in [0.717, 1.165) is 24.2 Å². The topological polar surface area (TPSA) is 17.1 Å². The summed E-state index contributed by atoms with van der Waals surface area (Å²) in [5.41, 5.74) is 0.116. The molecule has 2 aromatic carbocycles. The average Bonchev–Trinajstić information content (AvgIpc) is 2.60. The van der Waals surface area contributed by atoms with Crippen molar-refractivity contribution in [3.05, 3.63) is 73.3 Å². The second kappa shape index (κ2) is 9.05. The Bertz CT molecular complexity index is 652. The summed E-state index contributed by atoms with van der Waals surface area (Å²) < 4.78 is 0. The molecule has 0 amide bonds. The molecule has 0 bridgehead atoms. The summed E-state index contributed by atoms with van der Waals surface area (Å²) in [6, 6.07) is 20.6. The maximum Gasteiger partial charge on any atom is 0.194 e. The van der Waals surface area contributed by atoms with E-state index in [2.05, 4.69) is 43.9 Å². The number of carbonyl (C=O) groups excluding carboxylic acids is 1. The van der Waals surface area contributed by atoms with Crippen molar-refractivity contribution < 1.29 is 4.79 Å². The first-order valence-corrected chi connectivity index (χ1v) is 12.4. The third-order valence-corrected chi connectivity index (χ3v) is 9.85. The fourth-order valence-corrected chi connectivity index (χ4v) is 7.80. The number of thioether (sulfide) groups is 1. The van der Waals surface area contributed by atoms with Crippen molar-refractivity contribution in [1.29, 1.82) is 0 Å². The van der Waals surface area contributed by atoms with E-state index in [1.807, 2.05) is 42.5 Å². The van der Waals surface area contributed by atoms with E-state index in [-0.39, 0.29) is 5.54 Å². The predicted octanol–water partition coefficient (Wildman–Crippen LogP) is 5.65. The van der Waals surface area contributed by atoms with E-state index >= 15 is 0 Å². The molecule has 0 N–H and O–H groups in total. The van der Waals surface area contributed by atoms with Crippen molar-refractivity contribution in [2.24, 2.45) is 0 Å². The standard InChI is InChI=1S/C21H26OSSi/c1-4-5-8-17-20(21(22)23-18-13-9-6-10-14-18)24(2,3)19-15-11-7-12-16-19/h4,6-7,9-16,20H,1,5,8,17H2,2-3H3/t20-/m0/s1. The first-order chi connectivity index (χ1) is 11.6. The van der Waals surface area contributed by atoms with Crippen LogP contribution in [-0.4, -0.2) is 13.2 Å². The monoisotopic (exact) mass is 354 g/mol. The minimum Gasteiger partial charge on any atom is -0.287 e. The van der Waals surface area contributed by atoms with Crippen molar-refractivity contribution in [3.63, 3.8) is 0 Å². The lowest BCUT2D eigenvalue weighted by Gasteiger charge is -2.32. The molecule has 1 nitrogen and oxygen atoms in total. The lowest BCUT2D eigenvalue weighted by Crippen LogP contribution is -2.48. The highest BCUT2D eigenvalue weighted by atomic mass is 32.2. The molecule has 0 radical (unpaired) electrons. The molecule has 0 aliphatic heterocycles. The van der Waals surface area contributed by atoms with Crippen molar-refractivity contribution in [2.45, 2.75) is 42.8 Å². The van der Waals surface area contributed by atoms with Gasteiger partial charge in [0.2, 0.25) is 0 Å².